The van der Waals surface area contributed by atoms with E-state index in [0.717, 1.165) is 0 Å². The molecule has 2 aromatic rings. The third-order valence-electron chi connectivity index (χ3n) is 4.90. The van der Waals surface area contributed by atoms with Crippen LogP contribution in [0.4, 0.5) is 0 Å². The zero-order valence-corrected chi connectivity index (χ0v) is 19.9. The summed E-state index contributed by atoms with van der Waals surface area (Å²) in [5.41, 5.74) is 0.574. The van der Waals surface area contributed by atoms with Crippen LogP contribution in [0.5, 0.6) is 23.0 Å². The van der Waals surface area contributed by atoms with Crippen LogP contribution in [0.2, 0.25) is 0 Å². The first-order valence-corrected chi connectivity index (χ1v) is 11.3. The lowest BCUT2D eigenvalue weighted by Gasteiger charge is -2.23. The molecule has 2 rings (SSSR count). The van der Waals surface area contributed by atoms with Gasteiger partial charge in [0.15, 0.2) is 11.6 Å². The molecular weight excluding hydrogens is 408 g/mol. The zero-order chi connectivity index (χ0) is 23.7. The molecule has 0 amide bonds. The van der Waals surface area contributed by atoms with Crippen LogP contribution in [0, 0.1) is 11.8 Å². The van der Waals surface area contributed by atoms with Crippen LogP contribution in [-0.2, 0) is 0 Å². The Kier molecular flexibility index (Phi) is 9.57. The number of hydrogen-bond donors (Lipinski definition) is 0. The third kappa shape index (κ3) is 5.61. The van der Waals surface area contributed by atoms with Crippen LogP contribution in [0.25, 0.3) is 0 Å². The summed E-state index contributed by atoms with van der Waals surface area (Å²) in [5.74, 6) is -0.289. The van der Waals surface area contributed by atoms with Gasteiger partial charge in [0.25, 0.3) is 0 Å². The molecule has 0 saturated heterocycles. The Morgan fingerprint density at radius 1 is 0.625 bits per heavy atom. The van der Waals surface area contributed by atoms with Gasteiger partial charge in [-0.15, -0.1) is 0 Å². The molecule has 0 fully saturated rings. The number of rotatable bonds is 13. The lowest BCUT2D eigenvalue weighted by atomic mass is 9.81. The normalized spacial score (nSPS) is 10.9. The highest BCUT2D eigenvalue weighted by atomic mass is 16.5. The number of ketones is 2. The van der Waals surface area contributed by atoms with Crippen LogP contribution < -0.4 is 18.9 Å². The topological polar surface area (TPSA) is 71.1 Å². The first-order chi connectivity index (χ1) is 15.4. The molecule has 0 aliphatic carbocycles. The Hall–Kier alpha value is -3.02. The van der Waals surface area contributed by atoms with E-state index in [1.165, 1.54) is 0 Å². The molecule has 0 aliphatic heterocycles. The highest BCUT2D eigenvalue weighted by molar-refractivity contribution is 6.19. The monoisotopic (exact) mass is 442 g/mol. The molecule has 32 heavy (non-hydrogen) atoms. The summed E-state index contributed by atoms with van der Waals surface area (Å²) in [5, 5.41) is 0. The third-order valence-corrected chi connectivity index (χ3v) is 4.90. The molecular formula is C26H34O6. The Labute approximate surface area is 190 Å². The number of ether oxygens (including phenoxy) is 4. The molecule has 0 spiro atoms. The molecule has 0 N–H and O–H groups in total. The lowest BCUT2D eigenvalue weighted by molar-refractivity contribution is 0.0758. The van der Waals surface area contributed by atoms with Crippen LogP contribution in [-0.4, -0.2) is 38.0 Å². The number of hydrogen-bond acceptors (Lipinski definition) is 6. The second kappa shape index (κ2) is 12.1. The number of carbonyl (C=O) groups is 2. The summed E-state index contributed by atoms with van der Waals surface area (Å²) in [7, 11) is 0. The van der Waals surface area contributed by atoms with Crippen molar-refractivity contribution >= 4 is 11.6 Å². The molecule has 0 aromatic heterocycles. The first kappa shape index (κ1) is 25.2. The van der Waals surface area contributed by atoms with E-state index in [-0.39, 0.29) is 28.6 Å². The fourth-order valence-electron chi connectivity index (χ4n) is 3.65. The predicted molar refractivity (Wildman–Crippen MR) is 125 cm³/mol. The summed E-state index contributed by atoms with van der Waals surface area (Å²) < 4.78 is 22.9. The van der Waals surface area contributed by atoms with E-state index < -0.39 is 5.92 Å². The second-order valence-electron chi connectivity index (χ2n) is 7.44. The molecule has 0 saturated carbocycles. The lowest BCUT2D eigenvalue weighted by Crippen LogP contribution is -2.30. The van der Waals surface area contributed by atoms with Crippen molar-refractivity contribution in [2.24, 2.45) is 11.8 Å². The summed E-state index contributed by atoms with van der Waals surface area (Å²) in [4.78, 5) is 27.7. The summed E-state index contributed by atoms with van der Waals surface area (Å²) >= 11 is 0. The summed E-state index contributed by atoms with van der Waals surface area (Å²) in [6.45, 7) is 12.6. The van der Waals surface area contributed by atoms with Crippen molar-refractivity contribution in [1.29, 1.82) is 0 Å². The van der Waals surface area contributed by atoms with Gasteiger partial charge in [-0.1, -0.05) is 26.0 Å². The Morgan fingerprint density at radius 3 is 1.12 bits per heavy atom. The van der Waals surface area contributed by atoms with E-state index in [2.05, 4.69) is 0 Å². The van der Waals surface area contributed by atoms with Gasteiger partial charge in [0.2, 0.25) is 0 Å². The average molecular weight is 443 g/mol. The van der Waals surface area contributed by atoms with Gasteiger partial charge in [0, 0.05) is 0 Å². The first-order valence-electron chi connectivity index (χ1n) is 11.3. The van der Waals surface area contributed by atoms with Gasteiger partial charge in [-0.25, -0.2) is 0 Å². The van der Waals surface area contributed by atoms with Crippen molar-refractivity contribution < 1.29 is 28.5 Å². The van der Waals surface area contributed by atoms with Gasteiger partial charge in [-0.05, 0) is 57.9 Å². The fraction of sp³-hybridized carbons (Fsp3) is 0.462. The number of carbonyl (C=O) groups excluding carboxylic acids is 2. The summed E-state index contributed by atoms with van der Waals surface area (Å²) in [6.07, 6.45) is 0. The Morgan fingerprint density at radius 2 is 0.906 bits per heavy atom. The van der Waals surface area contributed by atoms with Crippen molar-refractivity contribution in [2.75, 3.05) is 26.4 Å². The quantitative estimate of drug-likeness (QED) is 0.296. The van der Waals surface area contributed by atoms with Crippen LogP contribution in [0.3, 0.4) is 0 Å². The summed E-state index contributed by atoms with van der Waals surface area (Å²) in [6, 6.07) is 10.4. The zero-order valence-electron chi connectivity index (χ0n) is 19.9. The maximum absolute atomic E-state index is 13.9. The molecule has 0 radical (unpaired) electrons. The predicted octanol–water partition coefficient (Wildman–Crippen LogP) is 5.62. The van der Waals surface area contributed by atoms with Crippen molar-refractivity contribution in [3.8, 4) is 23.0 Å². The highest BCUT2D eigenvalue weighted by Gasteiger charge is 2.37. The van der Waals surface area contributed by atoms with Crippen LogP contribution >= 0.6 is 0 Å². The van der Waals surface area contributed by atoms with Crippen molar-refractivity contribution in [3.63, 3.8) is 0 Å². The smallest absolute Gasteiger partial charge is 0.181 e. The molecule has 6 heteroatoms. The van der Waals surface area contributed by atoms with Gasteiger partial charge >= 0.3 is 0 Å². The van der Waals surface area contributed by atoms with E-state index in [4.69, 9.17) is 18.9 Å². The standard InChI is InChI=1S/C26H34O6/c1-7-29-18-13-11-14-19(30-8-2)23(18)25(27)22(17(5)6)26(28)24-20(31-9-3)15-12-16-21(24)32-10-4/h11-17,22H,7-10H2,1-6H3. The number of Topliss-reactive ketones (excluding diaryl/α,β-unsaturated/α-hetero) is 2. The molecule has 0 heterocycles. The van der Waals surface area contributed by atoms with Crippen molar-refractivity contribution in [2.45, 2.75) is 41.5 Å². The largest absolute Gasteiger partial charge is 0.493 e. The molecule has 0 aliphatic rings. The van der Waals surface area contributed by atoms with Crippen molar-refractivity contribution in [3.05, 3.63) is 47.5 Å². The van der Waals surface area contributed by atoms with Gasteiger partial charge in [0.05, 0.1) is 32.3 Å². The molecule has 0 bridgehead atoms. The van der Waals surface area contributed by atoms with E-state index in [0.29, 0.717) is 49.4 Å². The van der Waals surface area contributed by atoms with Gasteiger partial charge in [0.1, 0.15) is 34.1 Å². The van der Waals surface area contributed by atoms with Crippen molar-refractivity contribution in [1.82, 2.24) is 0 Å². The van der Waals surface area contributed by atoms with Crippen LogP contribution in [0.1, 0.15) is 62.3 Å². The van der Waals surface area contributed by atoms with E-state index in [1.807, 2.05) is 41.5 Å². The minimum atomic E-state index is -0.961. The number of benzene rings is 2. The SMILES string of the molecule is CCOc1cccc(OCC)c1C(=O)C(C(=O)c1c(OCC)cccc1OCC)C(C)C. The van der Waals surface area contributed by atoms with Crippen LogP contribution in [0.15, 0.2) is 36.4 Å². The fourth-order valence-corrected chi connectivity index (χ4v) is 3.65. The molecule has 0 unspecified atom stereocenters. The van der Waals surface area contributed by atoms with Gasteiger partial charge < -0.3 is 18.9 Å². The van der Waals surface area contributed by atoms with E-state index >= 15 is 0 Å². The minimum absolute atomic E-state index is 0.275. The highest BCUT2D eigenvalue weighted by Crippen LogP contribution is 2.37. The maximum Gasteiger partial charge on any atom is 0.181 e. The van der Waals surface area contributed by atoms with E-state index in [9.17, 15) is 9.59 Å². The molecule has 2 aromatic carbocycles. The second-order valence-corrected chi connectivity index (χ2v) is 7.44. The minimum Gasteiger partial charge on any atom is -0.493 e. The van der Waals surface area contributed by atoms with E-state index in [1.54, 1.807) is 36.4 Å². The van der Waals surface area contributed by atoms with Gasteiger partial charge in [-0.2, -0.15) is 0 Å². The van der Waals surface area contributed by atoms with Gasteiger partial charge in [-0.3, -0.25) is 9.59 Å². The Bertz CT molecular complexity index is 799. The molecule has 174 valence electrons. The average Bonchev–Trinajstić information content (AvgIpc) is 2.75. The molecule has 0 atom stereocenters. The molecule has 6 nitrogen and oxygen atoms in total. The maximum atomic E-state index is 13.9. The Balaban J connectivity index is 2.64.